The van der Waals surface area contributed by atoms with Crippen molar-refractivity contribution in [1.82, 2.24) is 25.1 Å². The Morgan fingerprint density at radius 1 is 1.00 bits per heavy atom. The summed E-state index contributed by atoms with van der Waals surface area (Å²) in [6, 6.07) is 15.8. The smallest absolute Gasteiger partial charge is 0.220 e. The van der Waals surface area contributed by atoms with Gasteiger partial charge in [-0.1, -0.05) is 47.5 Å². The van der Waals surface area contributed by atoms with Crippen LogP contribution in [0.1, 0.15) is 29.5 Å². The highest BCUT2D eigenvalue weighted by Gasteiger charge is 2.48. The Morgan fingerprint density at radius 2 is 1.81 bits per heavy atom. The molecule has 48 heavy (non-hydrogen) atoms. The lowest BCUT2D eigenvalue weighted by Crippen LogP contribution is -2.56. The summed E-state index contributed by atoms with van der Waals surface area (Å²) >= 11 is 14.3. The summed E-state index contributed by atoms with van der Waals surface area (Å²) in [7, 11) is 3.30. The topological polar surface area (TPSA) is 79.8 Å². The summed E-state index contributed by atoms with van der Waals surface area (Å²) < 4.78 is 24.4. The van der Waals surface area contributed by atoms with Gasteiger partial charge in [-0.3, -0.25) is 24.0 Å². The van der Waals surface area contributed by atoms with E-state index in [2.05, 4.69) is 26.2 Å². The summed E-state index contributed by atoms with van der Waals surface area (Å²) in [4.78, 5) is 25.9. The molecule has 2 aromatic heterocycles. The van der Waals surface area contributed by atoms with Gasteiger partial charge >= 0.3 is 0 Å². The van der Waals surface area contributed by atoms with Crippen LogP contribution in [0.5, 0.6) is 11.6 Å². The number of ether oxygens (including phenoxy) is 2. The second kappa shape index (κ2) is 13.6. The SMILES string of the molecule is COc1cc(-c2nccc(-c3cccc(-c4ccc(CN5CC6(CNC(=O)C6)C5)c(OC)n4)c3Cl)c2Cl)cc2c1CN(CCCF)CC2. The van der Waals surface area contributed by atoms with Crippen LogP contribution in [0.3, 0.4) is 0 Å². The molecule has 0 radical (unpaired) electrons. The number of pyridine rings is 2. The molecule has 1 spiro atoms. The summed E-state index contributed by atoms with van der Waals surface area (Å²) in [5, 5.41) is 3.98. The van der Waals surface area contributed by atoms with Crippen LogP contribution in [0, 0.1) is 5.41 Å². The van der Waals surface area contributed by atoms with Crippen molar-refractivity contribution in [2.45, 2.75) is 32.4 Å². The van der Waals surface area contributed by atoms with E-state index < -0.39 is 0 Å². The van der Waals surface area contributed by atoms with Crippen molar-refractivity contribution in [1.29, 1.82) is 0 Å². The number of benzene rings is 2. The number of hydrogen-bond donors (Lipinski definition) is 1. The largest absolute Gasteiger partial charge is 0.496 e. The number of nitrogens with one attached hydrogen (secondary N) is 1. The van der Waals surface area contributed by atoms with Crippen molar-refractivity contribution in [3.8, 4) is 45.3 Å². The monoisotopic (exact) mass is 689 g/mol. The lowest BCUT2D eigenvalue weighted by molar-refractivity contribution is -0.120. The van der Waals surface area contributed by atoms with Crippen LogP contribution in [-0.2, 0) is 24.3 Å². The number of halogens is 3. The van der Waals surface area contributed by atoms with Crippen LogP contribution in [-0.4, -0.2) is 79.3 Å². The Bertz CT molecular complexity index is 1850. The molecule has 3 aliphatic heterocycles. The number of rotatable bonds is 10. The number of carbonyl (C=O) groups excluding carboxylic acids is 1. The van der Waals surface area contributed by atoms with Crippen molar-refractivity contribution < 1.29 is 18.7 Å². The average Bonchev–Trinajstić information content (AvgIpc) is 3.48. The maximum absolute atomic E-state index is 12.8. The van der Waals surface area contributed by atoms with Crippen LogP contribution in [0.2, 0.25) is 10.0 Å². The zero-order chi connectivity index (χ0) is 33.4. The van der Waals surface area contributed by atoms with E-state index in [1.54, 1.807) is 20.4 Å². The number of nitrogens with zero attached hydrogens (tertiary/aromatic N) is 4. The summed E-state index contributed by atoms with van der Waals surface area (Å²) in [5.74, 6) is 1.46. The molecule has 2 fully saturated rings. The Balaban J connectivity index is 1.15. The summed E-state index contributed by atoms with van der Waals surface area (Å²) in [5.41, 5.74) is 7.86. The molecule has 7 rings (SSSR count). The lowest BCUT2D eigenvalue weighted by atomic mass is 9.79. The minimum Gasteiger partial charge on any atom is -0.496 e. The van der Waals surface area contributed by atoms with Crippen molar-refractivity contribution in [3.05, 3.63) is 81.5 Å². The highest BCUT2D eigenvalue weighted by Crippen LogP contribution is 2.44. The molecule has 11 heteroatoms. The van der Waals surface area contributed by atoms with E-state index in [9.17, 15) is 9.18 Å². The molecule has 1 N–H and O–H groups in total. The third-order valence-electron chi connectivity index (χ3n) is 9.78. The molecule has 2 saturated heterocycles. The molecule has 0 unspecified atom stereocenters. The van der Waals surface area contributed by atoms with Crippen LogP contribution in [0.25, 0.3) is 33.6 Å². The predicted molar refractivity (Wildman–Crippen MR) is 186 cm³/mol. The number of hydrogen-bond acceptors (Lipinski definition) is 7. The van der Waals surface area contributed by atoms with Gasteiger partial charge in [0, 0.05) is 97.2 Å². The molecule has 0 aliphatic carbocycles. The van der Waals surface area contributed by atoms with E-state index in [1.807, 2.05) is 42.5 Å². The third kappa shape index (κ3) is 6.25. The van der Waals surface area contributed by atoms with Gasteiger partial charge < -0.3 is 14.8 Å². The van der Waals surface area contributed by atoms with Gasteiger partial charge in [-0.25, -0.2) is 4.98 Å². The first-order chi connectivity index (χ1) is 23.3. The first-order valence-corrected chi connectivity index (χ1v) is 17.0. The number of methoxy groups -OCH3 is 2. The maximum Gasteiger partial charge on any atom is 0.220 e. The van der Waals surface area contributed by atoms with Gasteiger partial charge in [0.05, 0.1) is 42.3 Å². The van der Waals surface area contributed by atoms with Crippen molar-refractivity contribution in [2.24, 2.45) is 5.41 Å². The van der Waals surface area contributed by atoms with Crippen molar-refractivity contribution in [3.63, 3.8) is 0 Å². The molecule has 250 valence electrons. The Kier molecular flexibility index (Phi) is 9.30. The normalized spacial score (nSPS) is 17.2. The molecule has 1 amide bonds. The van der Waals surface area contributed by atoms with Gasteiger partial charge in [-0.2, -0.15) is 0 Å². The second-order valence-corrected chi connectivity index (χ2v) is 13.8. The van der Waals surface area contributed by atoms with E-state index in [0.717, 1.165) is 84.8 Å². The van der Waals surface area contributed by atoms with Gasteiger partial charge in [0.1, 0.15) is 5.75 Å². The van der Waals surface area contributed by atoms with Crippen molar-refractivity contribution in [2.75, 3.05) is 53.6 Å². The molecule has 3 aliphatic rings. The molecule has 4 aromatic rings. The maximum atomic E-state index is 12.8. The van der Waals surface area contributed by atoms with Crippen LogP contribution < -0.4 is 14.8 Å². The fraction of sp³-hybridized carbons (Fsp3) is 0.378. The predicted octanol–water partition coefficient (Wildman–Crippen LogP) is 6.84. The zero-order valence-corrected chi connectivity index (χ0v) is 28.6. The third-order valence-corrected chi connectivity index (χ3v) is 10.6. The number of fused-ring (bicyclic) bond motifs is 1. The van der Waals surface area contributed by atoms with Crippen LogP contribution in [0.15, 0.2) is 54.7 Å². The highest BCUT2D eigenvalue weighted by atomic mass is 35.5. The first kappa shape index (κ1) is 32.8. The second-order valence-electron chi connectivity index (χ2n) is 13.0. The number of carbonyl (C=O) groups is 1. The quantitative estimate of drug-likeness (QED) is 0.195. The Labute approximate surface area is 290 Å². The van der Waals surface area contributed by atoms with Crippen LogP contribution >= 0.6 is 23.2 Å². The summed E-state index contributed by atoms with van der Waals surface area (Å²) in [6.45, 7) is 5.19. The van der Waals surface area contributed by atoms with Crippen LogP contribution in [0.4, 0.5) is 4.39 Å². The number of amides is 1. The molecular weight excluding hydrogens is 652 g/mol. The van der Waals surface area contributed by atoms with E-state index >= 15 is 0 Å². The molecule has 2 aromatic carbocycles. The Hall–Kier alpha value is -3.76. The lowest BCUT2D eigenvalue weighted by Gasteiger charge is -2.47. The van der Waals surface area contributed by atoms with Gasteiger partial charge in [0.15, 0.2) is 0 Å². The molecule has 5 heterocycles. The summed E-state index contributed by atoms with van der Waals surface area (Å²) in [6.07, 6.45) is 3.71. The average molecular weight is 691 g/mol. The highest BCUT2D eigenvalue weighted by molar-refractivity contribution is 6.39. The molecule has 8 nitrogen and oxygen atoms in total. The standard InChI is InChI=1S/C37H38Cl2FN5O3/c1-47-31-16-25(15-23-10-14-44(13-4-11-40)19-29(23)31)35-34(39)27(9-12-41-35)26-5-3-6-28(33(26)38)30-8-7-24(36(43-30)48-2)18-45-21-37(22-45)17-32(46)42-20-37/h3,5-9,12,15-16H,4,10-11,13-14,17-22H2,1-2H3,(H,42,46). The fourth-order valence-electron chi connectivity index (χ4n) is 7.42. The minimum atomic E-state index is -0.312. The Morgan fingerprint density at radius 3 is 2.56 bits per heavy atom. The minimum absolute atomic E-state index is 0.0606. The molecular formula is C37H38Cl2FN5O3. The number of alkyl halides is 1. The van der Waals surface area contributed by atoms with E-state index in [4.69, 9.17) is 37.7 Å². The number of likely N-dealkylation sites (tertiary alicyclic amines) is 1. The van der Waals surface area contributed by atoms with Gasteiger partial charge in [0.2, 0.25) is 11.8 Å². The molecule has 0 bridgehead atoms. The number of aromatic nitrogens is 2. The first-order valence-electron chi connectivity index (χ1n) is 16.3. The van der Waals surface area contributed by atoms with Gasteiger partial charge in [-0.15, -0.1) is 0 Å². The van der Waals surface area contributed by atoms with E-state index in [-0.39, 0.29) is 18.0 Å². The van der Waals surface area contributed by atoms with Gasteiger partial charge in [-0.05, 0) is 42.7 Å². The van der Waals surface area contributed by atoms with E-state index in [1.165, 1.54) is 5.56 Å². The van der Waals surface area contributed by atoms with Crippen molar-refractivity contribution >= 4 is 29.1 Å². The fourth-order valence-corrected chi connectivity index (χ4v) is 8.06. The zero-order valence-electron chi connectivity index (χ0n) is 27.1. The molecule has 0 saturated carbocycles. The van der Waals surface area contributed by atoms with Gasteiger partial charge in [0.25, 0.3) is 0 Å². The van der Waals surface area contributed by atoms with E-state index in [0.29, 0.717) is 46.7 Å². The molecule has 0 atom stereocenters.